The fourth-order valence-corrected chi connectivity index (χ4v) is 3.09. The zero-order valence-electron chi connectivity index (χ0n) is 12.5. The summed E-state index contributed by atoms with van der Waals surface area (Å²) in [5.41, 5.74) is 0.593. The first kappa shape index (κ1) is 15.5. The van der Waals surface area contributed by atoms with Crippen LogP contribution < -0.4 is 10.2 Å². The zero-order valence-corrected chi connectivity index (χ0v) is 13.3. The number of aryl methyl sites for hydroxylation is 1. The lowest BCUT2D eigenvalue weighted by atomic mass is 10.1. The number of nitrogens with one attached hydrogen (secondary N) is 1. The van der Waals surface area contributed by atoms with Crippen LogP contribution in [0, 0.1) is 11.7 Å². The number of anilines is 2. The van der Waals surface area contributed by atoms with E-state index in [9.17, 15) is 14.0 Å². The van der Waals surface area contributed by atoms with E-state index in [0.29, 0.717) is 10.8 Å². The van der Waals surface area contributed by atoms with E-state index >= 15 is 0 Å². The van der Waals surface area contributed by atoms with Crippen molar-refractivity contribution >= 4 is 34.0 Å². The third-order valence-electron chi connectivity index (χ3n) is 3.63. The summed E-state index contributed by atoms with van der Waals surface area (Å²) in [4.78, 5) is 25.9. The van der Waals surface area contributed by atoms with Gasteiger partial charge in [0.05, 0.1) is 5.92 Å². The molecule has 1 aliphatic heterocycles. The predicted octanol–water partition coefficient (Wildman–Crippen LogP) is 2.23. The maximum absolute atomic E-state index is 13.0. The number of aromatic nitrogens is 2. The molecule has 0 unspecified atom stereocenters. The van der Waals surface area contributed by atoms with Crippen LogP contribution in [0.3, 0.4) is 0 Å². The largest absolute Gasteiger partial charge is 0.312 e. The van der Waals surface area contributed by atoms with Gasteiger partial charge in [-0.05, 0) is 30.7 Å². The second-order valence-corrected chi connectivity index (χ2v) is 6.29. The van der Waals surface area contributed by atoms with E-state index in [1.807, 2.05) is 6.92 Å². The molecule has 2 amide bonds. The number of halogens is 1. The van der Waals surface area contributed by atoms with Crippen LogP contribution in [0.4, 0.5) is 15.2 Å². The van der Waals surface area contributed by atoms with Gasteiger partial charge in [-0.3, -0.25) is 9.59 Å². The van der Waals surface area contributed by atoms with Gasteiger partial charge in [-0.1, -0.05) is 18.3 Å². The molecule has 23 heavy (non-hydrogen) atoms. The Bertz CT molecular complexity index is 731. The molecule has 3 rings (SSSR count). The van der Waals surface area contributed by atoms with Crippen LogP contribution in [0.15, 0.2) is 24.3 Å². The minimum absolute atomic E-state index is 0.128. The van der Waals surface area contributed by atoms with Crippen molar-refractivity contribution in [2.45, 2.75) is 19.8 Å². The number of carbonyl (C=O) groups is 2. The summed E-state index contributed by atoms with van der Waals surface area (Å²) in [7, 11) is 0. The van der Waals surface area contributed by atoms with Crippen molar-refractivity contribution in [1.82, 2.24) is 10.2 Å². The van der Waals surface area contributed by atoms with Gasteiger partial charge in [0.1, 0.15) is 10.8 Å². The van der Waals surface area contributed by atoms with Crippen molar-refractivity contribution in [3.8, 4) is 0 Å². The van der Waals surface area contributed by atoms with Crippen LogP contribution in [0.2, 0.25) is 0 Å². The van der Waals surface area contributed by atoms with Crippen LogP contribution in [0.25, 0.3) is 0 Å². The highest BCUT2D eigenvalue weighted by Crippen LogP contribution is 2.26. The first-order valence-electron chi connectivity index (χ1n) is 7.26. The van der Waals surface area contributed by atoms with Crippen molar-refractivity contribution in [3.05, 3.63) is 35.1 Å². The Labute approximate surface area is 136 Å². The van der Waals surface area contributed by atoms with Crippen LogP contribution >= 0.6 is 11.3 Å². The third kappa shape index (κ3) is 3.37. The lowest BCUT2D eigenvalue weighted by Gasteiger charge is -2.16. The van der Waals surface area contributed by atoms with Gasteiger partial charge in [-0.2, -0.15) is 0 Å². The predicted molar refractivity (Wildman–Crippen MR) is 84.8 cm³/mol. The number of hydrogen-bond acceptors (Lipinski definition) is 5. The molecule has 1 fully saturated rings. The molecule has 0 aliphatic carbocycles. The van der Waals surface area contributed by atoms with E-state index < -0.39 is 5.92 Å². The van der Waals surface area contributed by atoms with E-state index in [2.05, 4.69) is 15.5 Å². The summed E-state index contributed by atoms with van der Waals surface area (Å²) in [6.45, 7) is 2.23. The lowest BCUT2D eigenvalue weighted by Crippen LogP contribution is -2.28. The SMILES string of the molecule is CCc1nnc(NC(=O)[C@H]2CC(=O)N(c3ccc(F)cc3)C2)s1. The molecule has 0 bridgehead atoms. The van der Waals surface area contributed by atoms with Gasteiger partial charge < -0.3 is 10.2 Å². The monoisotopic (exact) mass is 334 g/mol. The first-order valence-corrected chi connectivity index (χ1v) is 8.07. The van der Waals surface area contributed by atoms with Gasteiger partial charge in [0, 0.05) is 18.7 Å². The molecule has 1 aliphatic rings. The molecule has 2 aromatic rings. The summed E-state index contributed by atoms with van der Waals surface area (Å²) < 4.78 is 13.0. The summed E-state index contributed by atoms with van der Waals surface area (Å²) in [5, 5.41) is 11.8. The number of nitrogens with zero attached hydrogens (tertiary/aromatic N) is 3. The van der Waals surface area contributed by atoms with Gasteiger partial charge in [0.15, 0.2) is 0 Å². The average molecular weight is 334 g/mol. The molecule has 1 N–H and O–H groups in total. The lowest BCUT2D eigenvalue weighted by molar-refractivity contribution is -0.122. The average Bonchev–Trinajstić information content (AvgIpc) is 3.15. The maximum atomic E-state index is 13.0. The summed E-state index contributed by atoms with van der Waals surface area (Å²) >= 11 is 1.33. The third-order valence-corrected chi connectivity index (χ3v) is 4.62. The highest BCUT2D eigenvalue weighted by Gasteiger charge is 2.35. The molecule has 2 heterocycles. The Morgan fingerprint density at radius 3 is 2.78 bits per heavy atom. The summed E-state index contributed by atoms with van der Waals surface area (Å²) in [5.74, 6) is -1.22. The highest BCUT2D eigenvalue weighted by atomic mass is 32.1. The number of amides is 2. The topological polar surface area (TPSA) is 75.2 Å². The molecule has 1 aromatic carbocycles. The zero-order chi connectivity index (χ0) is 16.4. The van der Waals surface area contributed by atoms with Crippen molar-refractivity contribution in [1.29, 1.82) is 0 Å². The molecule has 120 valence electrons. The minimum atomic E-state index is -0.457. The van der Waals surface area contributed by atoms with E-state index in [-0.39, 0.29) is 30.6 Å². The van der Waals surface area contributed by atoms with Gasteiger partial charge in [0.25, 0.3) is 0 Å². The van der Waals surface area contributed by atoms with E-state index in [1.165, 1.54) is 40.5 Å². The fourth-order valence-electron chi connectivity index (χ4n) is 2.41. The molecule has 0 spiro atoms. The Hall–Kier alpha value is -2.35. The van der Waals surface area contributed by atoms with Gasteiger partial charge in [0.2, 0.25) is 16.9 Å². The van der Waals surface area contributed by atoms with Crippen molar-refractivity contribution in [2.24, 2.45) is 5.92 Å². The molecule has 8 heteroatoms. The quantitative estimate of drug-likeness (QED) is 0.930. The van der Waals surface area contributed by atoms with Crippen LogP contribution in [-0.4, -0.2) is 28.6 Å². The van der Waals surface area contributed by atoms with Crippen LogP contribution in [-0.2, 0) is 16.0 Å². The Morgan fingerprint density at radius 2 is 2.13 bits per heavy atom. The second kappa shape index (κ2) is 6.41. The molecule has 6 nitrogen and oxygen atoms in total. The van der Waals surface area contributed by atoms with E-state index in [1.54, 1.807) is 0 Å². The van der Waals surface area contributed by atoms with Crippen LogP contribution in [0.5, 0.6) is 0 Å². The van der Waals surface area contributed by atoms with Gasteiger partial charge in [-0.25, -0.2) is 4.39 Å². The van der Waals surface area contributed by atoms with Gasteiger partial charge >= 0.3 is 0 Å². The summed E-state index contributed by atoms with van der Waals surface area (Å²) in [6, 6.07) is 5.66. The minimum Gasteiger partial charge on any atom is -0.312 e. The standard InChI is InChI=1S/C15H15FN4O2S/c1-2-12-18-19-15(23-12)17-14(22)9-7-13(21)20(8-9)11-5-3-10(16)4-6-11/h3-6,9H,2,7-8H2,1H3,(H,17,19,22)/t9-/m0/s1. The molecule has 1 atom stereocenters. The van der Waals surface area contributed by atoms with E-state index in [4.69, 9.17) is 0 Å². The van der Waals surface area contributed by atoms with Crippen molar-refractivity contribution in [3.63, 3.8) is 0 Å². The number of carbonyl (C=O) groups excluding carboxylic acids is 2. The molecular weight excluding hydrogens is 319 g/mol. The van der Waals surface area contributed by atoms with E-state index in [0.717, 1.165) is 11.4 Å². The Balaban J connectivity index is 1.66. The molecule has 0 radical (unpaired) electrons. The second-order valence-electron chi connectivity index (χ2n) is 5.23. The molecule has 0 saturated carbocycles. The first-order chi connectivity index (χ1) is 11.1. The van der Waals surface area contributed by atoms with Crippen molar-refractivity contribution in [2.75, 3.05) is 16.8 Å². The molecule has 1 aromatic heterocycles. The highest BCUT2D eigenvalue weighted by molar-refractivity contribution is 7.15. The summed E-state index contributed by atoms with van der Waals surface area (Å²) in [6.07, 6.45) is 0.885. The maximum Gasteiger partial charge on any atom is 0.231 e. The number of rotatable bonds is 4. The normalized spacial score (nSPS) is 17.6. The fraction of sp³-hybridized carbons (Fsp3) is 0.333. The number of benzene rings is 1. The van der Waals surface area contributed by atoms with Crippen LogP contribution in [0.1, 0.15) is 18.4 Å². The molecule has 1 saturated heterocycles. The Morgan fingerprint density at radius 1 is 1.39 bits per heavy atom. The number of hydrogen-bond donors (Lipinski definition) is 1. The smallest absolute Gasteiger partial charge is 0.231 e. The Kier molecular flexibility index (Phi) is 4.33. The van der Waals surface area contributed by atoms with Crippen molar-refractivity contribution < 1.29 is 14.0 Å². The van der Waals surface area contributed by atoms with Gasteiger partial charge in [-0.15, -0.1) is 10.2 Å². The molecular formula is C15H15FN4O2S.